The summed E-state index contributed by atoms with van der Waals surface area (Å²) in [5.74, 6) is -0.724. The third kappa shape index (κ3) is 4.48. The van der Waals surface area contributed by atoms with E-state index in [9.17, 15) is 14.9 Å². The molecule has 0 unspecified atom stereocenters. The Bertz CT molecular complexity index is 1890. The molecule has 3 aromatic heterocycles. The molecule has 0 atom stereocenters. The number of hydrogen-bond acceptors (Lipinski definition) is 10. The number of nitrogens with two attached hydrogens (primary N) is 1. The van der Waals surface area contributed by atoms with Crippen LogP contribution in [0.2, 0.25) is 0 Å². The van der Waals surface area contributed by atoms with Gasteiger partial charge in [-0.3, -0.25) is 14.9 Å². The molecule has 0 spiro atoms. The number of anilines is 2. The average Bonchev–Trinajstić information content (AvgIpc) is 3.52. The van der Waals surface area contributed by atoms with Gasteiger partial charge >= 0.3 is 11.7 Å². The van der Waals surface area contributed by atoms with Crippen molar-refractivity contribution in [3.63, 3.8) is 0 Å². The lowest BCUT2D eigenvalue weighted by Gasteiger charge is -2.22. The van der Waals surface area contributed by atoms with Crippen molar-refractivity contribution in [3.05, 3.63) is 82.3 Å². The molecule has 0 saturated heterocycles. The number of aromatic nitrogens is 5. The summed E-state index contributed by atoms with van der Waals surface area (Å²) in [4.78, 5) is 42.1. The number of methoxy groups -OCH3 is 1. The van der Waals surface area contributed by atoms with Gasteiger partial charge in [-0.05, 0) is 36.8 Å². The summed E-state index contributed by atoms with van der Waals surface area (Å²) in [6.45, 7) is 2.62. The minimum absolute atomic E-state index is 0.00190. The Morgan fingerprint density at radius 2 is 2.00 bits per heavy atom. The van der Waals surface area contributed by atoms with Crippen LogP contribution >= 0.6 is 0 Å². The summed E-state index contributed by atoms with van der Waals surface area (Å²) in [7, 11) is 1.36. The highest BCUT2D eigenvalue weighted by molar-refractivity contribution is 6.06. The lowest BCUT2D eigenvalue weighted by atomic mass is 10.0. The van der Waals surface area contributed by atoms with Crippen LogP contribution in [0.4, 0.5) is 21.6 Å². The largest absolute Gasteiger partial charge is 0.489 e. The second-order valence-electron chi connectivity index (χ2n) is 9.48. The third-order valence-corrected chi connectivity index (χ3v) is 6.89. The summed E-state index contributed by atoms with van der Waals surface area (Å²) >= 11 is 0. The highest BCUT2D eigenvalue weighted by Gasteiger charge is 2.34. The van der Waals surface area contributed by atoms with Gasteiger partial charge in [0.1, 0.15) is 17.8 Å². The number of nitro groups is 1. The molecule has 0 aliphatic carbocycles. The molecule has 2 aromatic carbocycles. The molecule has 1 aliphatic rings. The summed E-state index contributed by atoms with van der Waals surface area (Å²) in [5.41, 5.74) is 8.26. The minimum Gasteiger partial charge on any atom is -0.489 e. The maximum Gasteiger partial charge on any atom is 0.322 e. The molecule has 0 radical (unpaired) electrons. The molecule has 6 rings (SSSR count). The topological polar surface area (TPSA) is 164 Å². The van der Waals surface area contributed by atoms with E-state index in [4.69, 9.17) is 15.2 Å². The van der Waals surface area contributed by atoms with Crippen LogP contribution in [0.25, 0.3) is 22.2 Å². The zero-order valence-electron chi connectivity index (χ0n) is 22.4. The molecule has 1 aliphatic heterocycles. The van der Waals surface area contributed by atoms with Crippen LogP contribution in [0.15, 0.2) is 55.0 Å². The van der Waals surface area contributed by atoms with Crippen molar-refractivity contribution in [3.8, 4) is 28.6 Å². The number of carbonyl (C=O) groups excluding carboxylic acids is 1. The fraction of sp³-hybridized carbons (Fsp3) is 0.179. The van der Waals surface area contributed by atoms with Gasteiger partial charge in [0.05, 0.1) is 35.2 Å². The number of benzene rings is 2. The molecule has 212 valence electrons. The van der Waals surface area contributed by atoms with Crippen LogP contribution in [0, 0.1) is 22.9 Å². The number of nitro benzene ring substituents is 1. The van der Waals surface area contributed by atoms with Crippen LogP contribution in [-0.2, 0) is 17.8 Å². The Hall–Kier alpha value is -5.66. The first kappa shape index (κ1) is 26.6. The minimum atomic E-state index is -0.684. The van der Waals surface area contributed by atoms with Crippen LogP contribution in [-0.4, -0.2) is 49.0 Å². The number of rotatable bonds is 8. The SMILES string of the molecule is COc1c(N2CCn3c2c(-c2ccc(Oc4nccc(C)n4)c(F)c2)c2c(CC(N)=O)ncnc23)cccc1[N+](=O)[O-]. The van der Waals surface area contributed by atoms with E-state index in [1.807, 2.05) is 9.47 Å². The molecule has 0 bridgehead atoms. The first-order chi connectivity index (χ1) is 20.3. The summed E-state index contributed by atoms with van der Waals surface area (Å²) in [6, 6.07) is 10.7. The Balaban J connectivity index is 1.57. The zero-order valence-corrected chi connectivity index (χ0v) is 22.4. The summed E-state index contributed by atoms with van der Waals surface area (Å²) < 4.78 is 28.6. The number of carbonyl (C=O) groups is 1. The predicted molar refractivity (Wildman–Crippen MR) is 149 cm³/mol. The van der Waals surface area contributed by atoms with Gasteiger partial charge in [-0.25, -0.2) is 24.3 Å². The van der Waals surface area contributed by atoms with Crippen molar-refractivity contribution in [2.75, 3.05) is 18.6 Å². The van der Waals surface area contributed by atoms with E-state index >= 15 is 4.39 Å². The highest BCUT2D eigenvalue weighted by Crippen LogP contribution is 2.49. The lowest BCUT2D eigenvalue weighted by molar-refractivity contribution is -0.385. The lowest BCUT2D eigenvalue weighted by Crippen LogP contribution is -2.16. The van der Waals surface area contributed by atoms with Crippen molar-refractivity contribution in [2.45, 2.75) is 19.9 Å². The molecule has 1 amide bonds. The monoisotopic (exact) mass is 570 g/mol. The molecule has 42 heavy (non-hydrogen) atoms. The van der Waals surface area contributed by atoms with E-state index in [-0.39, 0.29) is 29.6 Å². The first-order valence-electron chi connectivity index (χ1n) is 12.8. The number of ether oxygens (including phenoxy) is 2. The number of aryl methyl sites for hydroxylation is 1. The van der Waals surface area contributed by atoms with Gasteiger partial charge in [0.2, 0.25) is 11.7 Å². The summed E-state index contributed by atoms with van der Waals surface area (Å²) in [6.07, 6.45) is 2.68. The fourth-order valence-electron chi connectivity index (χ4n) is 5.22. The molecular formula is C28H23FN8O5. The van der Waals surface area contributed by atoms with E-state index in [1.54, 1.807) is 31.2 Å². The van der Waals surface area contributed by atoms with E-state index in [0.717, 1.165) is 0 Å². The first-order valence-corrected chi connectivity index (χ1v) is 12.8. The van der Waals surface area contributed by atoms with Crippen LogP contribution in [0.1, 0.15) is 11.4 Å². The third-order valence-electron chi connectivity index (χ3n) is 6.89. The molecule has 13 nitrogen and oxygen atoms in total. The summed E-state index contributed by atoms with van der Waals surface area (Å²) in [5, 5.41) is 12.3. The number of hydrogen-bond donors (Lipinski definition) is 1. The van der Waals surface area contributed by atoms with E-state index in [0.29, 0.717) is 58.1 Å². The Labute approximate surface area is 237 Å². The quantitative estimate of drug-likeness (QED) is 0.211. The van der Waals surface area contributed by atoms with Crippen LogP contribution in [0.3, 0.4) is 0 Å². The molecule has 5 aromatic rings. The second kappa shape index (κ2) is 10.4. The van der Waals surface area contributed by atoms with Gasteiger partial charge in [-0.15, -0.1) is 0 Å². The number of para-hydroxylation sites is 1. The Kier molecular flexibility index (Phi) is 6.57. The smallest absolute Gasteiger partial charge is 0.322 e. The van der Waals surface area contributed by atoms with E-state index in [2.05, 4.69) is 19.9 Å². The van der Waals surface area contributed by atoms with Gasteiger partial charge in [0.15, 0.2) is 11.6 Å². The fourth-order valence-corrected chi connectivity index (χ4v) is 5.22. The van der Waals surface area contributed by atoms with Crippen LogP contribution in [0.5, 0.6) is 17.5 Å². The normalized spacial score (nSPS) is 12.4. The van der Waals surface area contributed by atoms with E-state index < -0.39 is 16.6 Å². The molecule has 0 fully saturated rings. The molecule has 0 saturated carbocycles. The Morgan fingerprint density at radius 1 is 1.17 bits per heavy atom. The van der Waals surface area contributed by atoms with Gasteiger partial charge in [-0.2, -0.15) is 0 Å². The van der Waals surface area contributed by atoms with Gasteiger partial charge in [0.25, 0.3) is 0 Å². The Morgan fingerprint density at radius 3 is 2.71 bits per heavy atom. The van der Waals surface area contributed by atoms with Crippen molar-refractivity contribution >= 4 is 34.1 Å². The van der Waals surface area contributed by atoms with Gasteiger partial charge in [-0.1, -0.05) is 12.1 Å². The maximum atomic E-state index is 15.6. The van der Waals surface area contributed by atoms with Crippen LogP contribution < -0.4 is 20.1 Å². The van der Waals surface area contributed by atoms with Crippen molar-refractivity contribution in [1.82, 2.24) is 24.5 Å². The van der Waals surface area contributed by atoms with Crippen molar-refractivity contribution < 1.29 is 23.6 Å². The average molecular weight is 571 g/mol. The maximum absolute atomic E-state index is 15.6. The number of halogens is 1. The number of amides is 1. The number of primary amides is 1. The zero-order chi connectivity index (χ0) is 29.5. The molecule has 14 heteroatoms. The highest BCUT2D eigenvalue weighted by atomic mass is 19.1. The van der Waals surface area contributed by atoms with Crippen molar-refractivity contribution in [1.29, 1.82) is 0 Å². The predicted octanol–water partition coefficient (Wildman–Crippen LogP) is 4.22. The molecular weight excluding hydrogens is 547 g/mol. The van der Waals surface area contributed by atoms with Gasteiger partial charge < -0.3 is 24.7 Å². The number of fused-ring (bicyclic) bond motifs is 3. The van der Waals surface area contributed by atoms with E-state index in [1.165, 1.54) is 37.8 Å². The standard InChI is InChI=1S/C28H23FN8O5/c1-15-8-9-31-28(34-15)42-21-7-6-16(12-17(21)29)23-24-18(13-22(30)38)32-14-33-26(24)36-11-10-35(27(23)36)19-4-3-5-20(37(39)40)25(19)41-2/h3-9,12,14H,10-11,13H2,1-2H3,(H2,30,38). The second-order valence-corrected chi connectivity index (χ2v) is 9.48. The molecule has 2 N–H and O–H groups in total. The van der Waals surface area contributed by atoms with Crippen molar-refractivity contribution in [2.24, 2.45) is 5.73 Å². The molecule has 4 heterocycles. The number of nitrogens with zero attached hydrogens (tertiary/aromatic N) is 7. The van der Waals surface area contributed by atoms with Gasteiger partial charge in [0, 0.05) is 36.6 Å².